The van der Waals surface area contributed by atoms with Crippen molar-refractivity contribution in [2.75, 3.05) is 61.2 Å². The second-order valence-corrected chi connectivity index (χ2v) is 26.3. The molecular weight excluding hydrogens is 1380 g/mol. The predicted molar refractivity (Wildman–Crippen MR) is 391 cm³/mol. The number of aromatic nitrogens is 1. The fraction of sp³-hybridized carbons (Fsp3) is 0.500. The second-order valence-electron chi connectivity index (χ2n) is 26.3. The number of carbonyl (C=O) groups excluding carboxylic acids is 8. The van der Waals surface area contributed by atoms with E-state index in [9.17, 15) is 47.9 Å². The normalized spacial score (nSPS) is 21.5. The van der Waals surface area contributed by atoms with Gasteiger partial charge in [0.15, 0.2) is 0 Å². The standard InChI is InChI=1S/2C16H21NO4.2C15H19NO4.C8H15NO2.C8H9NO2.ClH/c2*1-12-8-9-14(15(18)20-2)10-17(12)16(19)21-11-13-6-4-3-5-7-13;2*1-11-7-8-13(14(17)18)9-16(11)15(19)20-10-12-5-3-2-4-6-12;2*1-6-3-4-7(5-9-6)8(10)11-2;/h2*3-7,12,14H,8-11H2,1-2H3;2*2-6,11,13H,7-10H2,1H3,(H,17,18);6-7,9H,3-5H2,1-2H3;3-5H,1-2H3;1H/t12-,14+;12-,14-;11-,13+;11-,13-;;;/m0101.../s1. The van der Waals surface area contributed by atoms with E-state index in [-0.39, 0.29) is 130 Å². The van der Waals surface area contributed by atoms with E-state index in [4.69, 9.17) is 38.6 Å². The second kappa shape index (κ2) is 46.8. The number of rotatable bonds is 14. The van der Waals surface area contributed by atoms with E-state index < -0.39 is 36.0 Å². The third-order valence-corrected chi connectivity index (χ3v) is 18.6. The number of carboxylic acid groups (broad SMARTS) is 2. The first-order chi connectivity index (χ1) is 49.9. The van der Waals surface area contributed by atoms with Gasteiger partial charge in [0.25, 0.3) is 0 Å². The molecule has 0 radical (unpaired) electrons. The minimum Gasteiger partial charge on any atom is -0.481 e. The van der Waals surface area contributed by atoms with Crippen molar-refractivity contribution in [2.24, 2.45) is 29.6 Å². The first-order valence-electron chi connectivity index (χ1n) is 35.2. The van der Waals surface area contributed by atoms with Gasteiger partial charge < -0.3 is 73.0 Å². The molecule has 10 rings (SSSR count). The van der Waals surface area contributed by atoms with Gasteiger partial charge in [-0.2, -0.15) is 0 Å². The maximum absolute atomic E-state index is 12.2. The van der Waals surface area contributed by atoms with Gasteiger partial charge in [-0.3, -0.25) is 29.0 Å². The number of nitrogens with zero attached hydrogens (tertiary/aromatic N) is 5. The highest BCUT2D eigenvalue weighted by Crippen LogP contribution is 2.28. The van der Waals surface area contributed by atoms with Crippen LogP contribution in [0.1, 0.15) is 137 Å². The zero-order chi connectivity index (χ0) is 76.1. The molecule has 5 aromatic rings. The topological polar surface area (TPSA) is 323 Å². The number of carboxylic acids is 2. The molecular formula is C78H105ClN6O20. The number of benzene rings is 4. The van der Waals surface area contributed by atoms with Crippen LogP contribution in [0.4, 0.5) is 19.2 Å². The summed E-state index contributed by atoms with van der Waals surface area (Å²) in [7, 11) is 5.54. The number of methoxy groups -OCH3 is 4. The van der Waals surface area contributed by atoms with Crippen molar-refractivity contribution in [3.05, 3.63) is 173 Å². The molecule has 1 aromatic heterocycles. The van der Waals surface area contributed by atoms with Crippen LogP contribution >= 0.6 is 12.4 Å². The fourth-order valence-corrected chi connectivity index (χ4v) is 11.8. The fourth-order valence-electron chi connectivity index (χ4n) is 11.8. The molecule has 4 amide bonds. The van der Waals surface area contributed by atoms with Gasteiger partial charge >= 0.3 is 60.2 Å². The van der Waals surface area contributed by atoms with Gasteiger partial charge in [0.05, 0.1) is 63.6 Å². The Balaban J connectivity index is 0.000000270. The van der Waals surface area contributed by atoms with Crippen molar-refractivity contribution < 1.29 is 96.1 Å². The Hall–Kier alpha value is -9.82. The third-order valence-electron chi connectivity index (χ3n) is 18.6. The summed E-state index contributed by atoms with van der Waals surface area (Å²) in [4.78, 5) is 126. The van der Waals surface area contributed by atoms with Gasteiger partial charge in [0.2, 0.25) is 0 Å². The number of esters is 4. The van der Waals surface area contributed by atoms with E-state index in [0.29, 0.717) is 50.4 Å². The first kappa shape index (κ1) is 87.6. The van der Waals surface area contributed by atoms with Crippen molar-refractivity contribution in [1.29, 1.82) is 0 Å². The van der Waals surface area contributed by atoms with Gasteiger partial charge in [0.1, 0.15) is 26.4 Å². The summed E-state index contributed by atoms with van der Waals surface area (Å²) in [5.74, 6) is -4.06. The highest BCUT2D eigenvalue weighted by atomic mass is 35.5. The first-order valence-corrected chi connectivity index (χ1v) is 35.2. The SMILES string of the molecule is COC(=O)C1CCC(C)NC1.COC(=O)[C@@H]1CC[C@@H](C)N(C(=O)OCc2ccccc2)C1.COC(=O)[C@@H]1CC[C@H](C)N(C(=O)OCc2ccccc2)C1.COC(=O)c1ccc(C)nc1.C[C@@H]1CC[C@@H](C(=O)O)CN1C(=O)OCc1ccccc1.C[C@H]1CC[C@@H](C(=O)O)CN1C(=O)OCc1ccccc1.Cl. The van der Waals surface area contributed by atoms with Crippen LogP contribution in [0.2, 0.25) is 0 Å². The number of likely N-dealkylation sites (tertiary alicyclic amines) is 4. The van der Waals surface area contributed by atoms with Gasteiger partial charge in [0, 0.05) is 74.8 Å². The van der Waals surface area contributed by atoms with Crippen molar-refractivity contribution >= 4 is 72.6 Å². The lowest BCUT2D eigenvalue weighted by atomic mass is 9.94. The van der Waals surface area contributed by atoms with Crippen LogP contribution in [-0.2, 0) is 88.3 Å². The number of pyridine rings is 1. The van der Waals surface area contributed by atoms with E-state index in [1.807, 2.05) is 156 Å². The van der Waals surface area contributed by atoms with E-state index in [0.717, 1.165) is 73.0 Å². The Morgan fingerprint density at radius 3 is 0.933 bits per heavy atom. The third kappa shape index (κ3) is 30.4. The smallest absolute Gasteiger partial charge is 0.410 e. The summed E-state index contributed by atoms with van der Waals surface area (Å²) in [6, 6.07) is 42.1. The lowest BCUT2D eigenvalue weighted by Crippen LogP contribution is -2.47. The number of carbonyl (C=O) groups is 10. The molecule has 0 spiro atoms. The Kier molecular flexibility index (Phi) is 39.0. The molecule has 574 valence electrons. The van der Waals surface area contributed by atoms with E-state index in [1.165, 1.54) is 44.4 Å². The number of hydrogen-bond donors (Lipinski definition) is 3. The molecule has 27 heteroatoms. The van der Waals surface area contributed by atoms with Crippen LogP contribution in [0, 0.1) is 36.5 Å². The largest absolute Gasteiger partial charge is 0.481 e. The van der Waals surface area contributed by atoms with E-state index in [2.05, 4.69) is 26.7 Å². The molecule has 26 nitrogen and oxygen atoms in total. The van der Waals surface area contributed by atoms with Gasteiger partial charge in [-0.1, -0.05) is 121 Å². The zero-order valence-electron chi connectivity index (χ0n) is 61.9. The quantitative estimate of drug-likeness (QED) is 0.0687. The van der Waals surface area contributed by atoms with Crippen LogP contribution in [0.25, 0.3) is 0 Å². The van der Waals surface area contributed by atoms with Gasteiger partial charge in [-0.05, 0) is 140 Å². The van der Waals surface area contributed by atoms with Crippen molar-refractivity contribution in [1.82, 2.24) is 29.9 Å². The number of aryl methyl sites for hydroxylation is 1. The maximum Gasteiger partial charge on any atom is 0.410 e. The molecule has 105 heavy (non-hydrogen) atoms. The van der Waals surface area contributed by atoms with Crippen molar-refractivity contribution in [3.8, 4) is 0 Å². The molecule has 5 aliphatic rings. The summed E-state index contributed by atoms with van der Waals surface area (Å²) in [6.45, 7) is 14.6. The summed E-state index contributed by atoms with van der Waals surface area (Å²) >= 11 is 0. The molecule has 0 aliphatic carbocycles. The number of hydrogen-bond acceptors (Lipinski definition) is 20. The number of nitrogens with one attached hydrogen (secondary N) is 1. The van der Waals surface area contributed by atoms with Crippen LogP contribution in [0.3, 0.4) is 0 Å². The maximum atomic E-state index is 12.2. The van der Waals surface area contributed by atoms with E-state index >= 15 is 0 Å². The molecule has 5 saturated heterocycles. The average Bonchev–Trinajstić information content (AvgIpc) is 0.885. The summed E-state index contributed by atoms with van der Waals surface area (Å²) in [5, 5.41) is 21.4. The summed E-state index contributed by atoms with van der Waals surface area (Å²) in [6.07, 6.45) is 7.56. The van der Waals surface area contributed by atoms with Crippen LogP contribution in [-0.4, -0.2) is 186 Å². The highest BCUT2D eigenvalue weighted by Gasteiger charge is 2.38. The van der Waals surface area contributed by atoms with Crippen LogP contribution < -0.4 is 5.32 Å². The molecule has 6 heterocycles. The predicted octanol–water partition coefficient (Wildman–Crippen LogP) is 12.4. The number of aliphatic carboxylic acids is 2. The van der Waals surface area contributed by atoms with Crippen molar-refractivity contribution in [3.63, 3.8) is 0 Å². The highest BCUT2D eigenvalue weighted by molar-refractivity contribution is 5.88. The Morgan fingerprint density at radius 2 is 0.676 bits per heavy atom. The number of amides is 4. The number of piperidine rings is 5. The molecule has 10 atom stereocenters. The summed E-state index contributed by atoms with van der Waals surface area (Å²) < 4.78 is 39.9. The van der Waals surface area contributed by atoms with Crippen LogP contribution in [0.15, 0.2) is 140 Å². The van der Waals surface area contributed by atoms with Gasteiger partial charge in [-0.25, -0.2) is 24.0 Å². The molecule has 5 aliphatic heterocycles. The number of ether oxygens (including phenoxy) is 8. The Bertz CT molecular complexity index is 3280. The molecule has 3 N–H and O–H groups in total. The van der Waals surface area contributed by atoms with Gasteiger partial charge in [-0.15, -0.1) is 12.4 Å². The monoisotopic (exact) mass is 1480 g/mol. The van der Waals surface area contributed by atoms with Crippen LogP contribution in [0.5, 0.6) is 0 Å². The minimum absolute atomic E-state index is 0. The molecule has 0 bridgehead atoms. The number of halogens is 1. The lowest BCUT2D eigenvalue weighted by molar-refractivity contribution is -0.148. The average molecular weight is 1480 g/mol. The summed E-state index contributed by atoms with van der Waals surface area (Å²) in [5.41, 5.74) is 5.09. The molecule has 5 fully saturated rings. The van der Waals surface area contributed by atoms with Crippen molar-refractivity contribution in [2.45, 2.75) is 162 Å². The molecule has 2 unspecified atom stereocenters. The zero-order valence-corrected chi connectivity index (χ0v) is 62.7. The Labute approximate surface area is 622 Å². The Morgan fingerprint density at radius 1 is 0.390 bits per heavy atom. The molecule has 0 saturated carbocycles. The lowest BCUT2D eigenvalue weighted by Gasteiger charge is -2.36. The van der Waals surface area contributed by atoms with E-state index in [1.54, 1.807) is 21.9 Å². The molecule has 4 aromatic carbocycles. The minimum atomic E-state index is -0.849.